The summed E-state index contributed by atoms with van der Waals surface area (Å²) in [6, 6.07) is 4.93. The second kappa shape index (κ2) is 5.96. The fraction of sp³-hybridized carbons (Fsp3) is 0.286. The van der Waals surface area contributed by atoms with Crippen LogP contribution in [0.5, 0.6) is 11.5 Å². The molecule has 0 saturated carbocycles. The number of rotatable bonds is 4. The fourth-order valence-electron chi connectivity index (χ4n) is 1.89. The number of aryl methyl sites for hydroxylation is 1. The van der Waals surface area contributed by atoms with Gasteiger partial charge in [0.05, 0.1) is 19.2 Å². The Kier molecular flexibility index (Phi) is 4.29. The summed E-state index contributed by atoms with van der Waals surface area (Å²) in [5.74, 6) is 1.35. The first-order valence-corrected chi connectivity index (χ1v) is 6.49. The normalized spacial score (nSPS) is 10.4. The Labute approximate surface area is 121 Å². The molecule has 0 bridgehead atoms. The van der Waals surface area contributed by atoms with Gasteiger partial charge in [0, 0.05) is 17.3 Å². The molecular weight excluding hydrogens is 280 g/mol. The van der Waals surface area contributed by atoms with E-state index in [0.29, 0.717) is 40.0 Å². The van der Waals surface area contributed by atoms with E-state index < -0.39 is 0 Å². The van der Waals surface area contributed by atoms with Crippen LogP contribution in [-0.2, 0) is 6.42 Å². The molecular formula is C14H15ClN2O3. The summed E-state index contributed by atoms with van der Waals surface area (Å²) in [4.78, 5) is 18.7. The minimum atomic E-state index is -0.210. The Morgan fingerprint density at radius 3 is 2.65 bits per heavy atom. The monoisotopic (exact) mass is 294 g/mol. The van der Waals surface area contributed by atoms with Gasteiger partial charge < -0.3 is 14.5 Å². The highest BCUT2D eigenvalue weighted by Crippen LogP contribution is 2.40. The zero-order valence-electron chi connectivity index (χ0n) is 11.5. The number of H-pyrrole nitrogens is 1. The zero-order valence-corrected chi connectivity index (χ0v) is 12.2. The first kappa shape index (κ1) is 14.4. The van der Waals surface area contributed by atoms with Crippen LogP contribution in [0.25, 0.3) is 11.4 Å². The standard InChI is InChI=1S/C14H15ClN2O3/c1-4-8-7-11(18)17-14(16-8)9-5-6-10(19-2)13(20-3)12(9)15/h5-7H,4H2,1-3H3,(H,16,17,18). The van der Waals surface area contributed by atoms with Crippen LogP contribution < -0.4 is 15.0 Å². The summed E-state index contributed by atoms with van der Waals surface area (Å²) >= 11 is 6.31. The van der Waals surface area contributed by atoms with Crippen molar-refractivity contribution in [3.63, 3.8) is 0 Å². The van der Waals surface area contributed by atoms with Gasteiger partial charge in [-0.05, 0) is 18.6 Å². The molecule has 0 aliphatic carbocycles. The molecule has 0 fully saturated rings. The molecule has 6 heteroatoms. The molecule has 5 nitrogen and oxygen atoms in total. The summed E-state index contributed by atoms with van der Waals surface area (Å²) in [5.41, 5.74) is 1.09. The number of halogens is 1. The van der Waals surface area contributed by atoms with Crippen molar-refractivity contribution in [2.75, 3.05) is 14.2 Å². The maximum atomic E-state index is 11.6. The Bertz CT molecular complexity index is 683. The van der Waals surface area contributed by atoms with Crippen molar-refractivity contribution in [1.29, 1.82) is 0 Å². The SMILES string of the molecule is CCc1cc(=O)[nH]c(-c2ccc(OC)c(OC)c2Cl)n1. The molecule has 0 aliphatic rings. The van der Waals surface area contributed by atoms with Crippen LogP contribution >= 0.6 is 11.6 Å². The predicted octanol–water partition coefficient (Wildman–Crippen LogP) is 2.67. The summed E-state index contributed by atoms with van der Waals surface area (Å²) < 4.78 is 10.4. The number of benzene rings is 1. The minimum absolute atomic E-state index is 0.210. The molecule has 1 aromatic heterocycles. The van der Waals surface area contributed by atoms with Crippen molar-refractivity contribution in [3.05, 3.63) is 39.3 Å². The van der Waals surface area contributed by atoms with Gasteiger partial charge in [-0.1, -0.05) is 18.5 Å². The summed E-state index contributed by atoms with van der Waals surface area (Å²) in [5, 5.41) is 0.350. The van der Waals surface area contributed by atoms with Crippen molar-refractivity contribution in [2.24, 2.45) is 0 Å². The van der Waals surface area contributed by atoms with Crippen LogP contribution in [0.15, 0.2) is 23.0 Å². The van der Waals surface area contributed by atoms with Gasteiger partial charge in [-0.25, -0.2) is 4.98 Å². The van der Waals surface area contributed by atoms with Crippen LogP contribution in [-0.4, -0.2) is 24.2 Å². The molecule has 1 heterocycles. The average molecular weight is 295 g/mol. The number of nitrogens with one attached hydrogen (secondary N) is 1. The number of nitrogens with zero attached hydrogens (tertiary/aromatic N) is 1. The van der Waals surface area contributed by atoms with Crippen LogP contribution in [0.1, 0.15) is 12.6 Å². The van der Waals surface area contributed by atoms with Gasteiger partial charge >= 0.3 is 0 Å². The highest BCUT2D eigenvalue weighted by molar-refractivity contribution is 6.35. The van der Waals surface area contributed by atoms with Crippen molar-refractivity contribution >= 4 is 11.6 Å². The van der Waals surface area contributed by atoms with E-state index >= 15 is 0 Å². The van der Waals surface area contributed by atoms with Gasteiger partial charge in [-0.3, -0.25) is 4.79 Å². The van der Waals surface area contributed by atoms with Gasteiger partial charge in [-0.15, -0.1) is 0 Å². The van der Waals surface area contributed by atoms with Gasteiger partial charge in [-0.2, -0.15) is 0 Å². The maximum absolute atomic E-state index is 11.6. The van der Waals surface area contributed by atoms with E-state index in [2.05, 4.69) is 9.97 Å². The maximum Gasteiger partial charge on any atom is 0.251 e. The van der Waals surface area contributed by atoms with E-state index in [0.717, 1.165) is 0 Å². The number of aromatic nitrogens is 2. The summed E-state index contributed by atoms with van der Waals surface area (Å²) in [6.07, 6.45) is 0.668. The molecule has 1 aromatic carbocycles. The van der Waals surface area contributed by atoms with Crippen molar-refractivity contribution < 1.29 is 9.47 Å². The second-order valence-electron chi connectivity index (χ2n) is 4.10. The van der Waals surface area contributed by atoms with Crippen LogP contribution in [0.4, 0.5) is 0 Å². The Hall–Kier alpha value is -2.01. The molecule has 0 unspecified atom stereocenters. The van der Waals surface area contributed by atoms with Gasteiger partial charge in [0.1, 0.15) is 5.82 Å². The lowest BCUT2D eigenvalue weighted by atomic mass is 10.1. The molecule has 0 spiro atoms. The van der Waals surface area contributed by atoms with Gasteiger partial charge in [0.15, 0.2) is 11.5 Å². The molecule has 20 heavy (non-hydrogen) atoms. The molecule has 0 radical (unpaired) electrons. The number of ether oxygens (including phenoxy) is 2. The molecule has 1 N–H and O–H groups in total. The quantitative estimate of drug-likeness (QED) is 0.941. The highest BCUT2D eigenvalue weighted by Gasteiger charge is 2.16. The fourth-order valence-corrected chi connectivity index (χ4v) is 2.21. The van der Waals surface area contributed by atoms with Crippen molar-refractivity contribution in [1.82, 2.24) is 9.97 Å². The first-order valence-electron chi connectivity index (χ1n) is 6.11. The Morgan fingerprint density at radius 1 is 1.30 bits per heavy atom. The second-order valence-corrected chi connectivity index (χ2v) is 4.48. The lowest BCUT2D eigenvalue weighted by Gasteiger charge is -2.12. The van der Waals surface area contributed by atoms with Crippen LogP contribution in [0, 0.1) is 0 Å². The molecule has 2 rings (SSSR count). The van der Waals surface area contributed by atoms with Crippen LogP contribution in [0.2, 0.25) is 5.02 Å². The molecule has 2 aromatic rings. The number of hydrogen-bond acceptors (Lipinski definition) is 4. The highest BCUT2D eigenvalue weighted by atomic mass is 35.5. The largest absolute Gasteiger partial charge is 0.493 e. The minimum Gasteiger partial charge on any atom is -0.493 e. The number of hydrogen-bond donors (Lipinski definition) is 1. The van der Waals surface area contributed by atoms with E-state index in [9.17, 15) is 4.79 Å². The van der Waals surface area contributed by atoms with Crippen molar-refractivity contribution in [2.45, 2.75) is 13.3 Å². The Balaban J connectivity index is 2.64. The zero-order chi connectivity index (χ0) is 14.7. The average Bonchev–Trinajstić information content (AvgIpc) is 2.45. The van der Waals surface area contributed by atoms with Crippen molar-refractivity contribution in [3.8, 4) is 22.9 Å². The van der Waals surface area contributed by atoms with E-state index in [1.54, 1.807) is 12.1 Å². The smallest absolute Gasteiger partial charge is 0.251 e. The van der Waals surface area contributed by atoms with Crippen LogP contribution in [0.3, 0.4) is 0 Å². The lowest BCUT2D eigenvalue weighted by Crippen LogP contribution is -2.10. The molecule has 106 valence electrons. The van der Waals surface area contributed by atoms with E-state index in [4.69, 9.17) is 21.1 Å². The third-order valence-electron chi connectivity index (χ3n) is 2.90. The van der Waals surface area contributed by atoms with Gasteiger partial charge in [0.25, 0.3) is 5.56 Å². The topological polar surface area (TPSA) is 64.2 Å². The lowest BCUT2D eigenvalue weighted by molar-refractivity contribution is 0.355. The third kappa shape index (κ3) is 2.63. The molecule has 0 amide bonds. The van der Waals surface area contributed by atoms with Gasteiger partial charge in [0.2, 0.25) is 0 Å². The number of aromatic amines is 1. The summed E-state index contributed by atoms with van der Waals surface area (Å²) in [7, 11) is 3.04. The predicted molar refractivity (Wildman–Crippen MR) is 77.8 cm³/mol. The van der Waals surface area contributed by atoms with E-state index in [1.807, 2.05) is 6.92 Å². The Morgan fingerprint density at radius 2 is 2.05 bits per heavy atom. The molecule has 0 aliphatic heterocycles. The third-order valence-corrected chi connectivity index (χ3v) is 3.27. The molecule has 0 saturated heterocycles. The first-order chi connectivity index (χ1) is 9.60. The summed E-state index contributed by atoms with van der Waals surface area (Å²) in [6.45, 7) is 1.93. The number of methoxy groups -OCH3 is 2. The molecule has 0 atom stereocenters. The van der Waals surface area contributed by atoms with E-state index in [-0.39, 0.29) is 5.56 Å². The van der Waals surface area contributed by atoms with E-state index in [1.165, 1.54) is 20.3 Å².